The van der Waals surface area contributed by atoms with Gasteiger partial charge in [-0.15, -0.1) is 0 Å². The average molecular weight is 342 g/mol. The number of anilines is 2. The summed E-state index contributed by atoms with van der Waals surface area (Å²) < 4.78 is 5.37. The summed E-state index contributed by atoms with van der Waals surface area (Å²) >= 11 is 0. The Morgan fingerprint density at radius 3 is 2.52 bits per heavy atom. The van der Waals surface area contributed by atoms with Gasteiger partial charge in [-0.1, -0.05) is 25.1 Å². The summed E-state index contributed by atoms with van der Waals surface area (Å²) in [6, 6.07) is 15.4. The first-order chi connectivity index (χ1) is 12.0. The molecule has 0 aliphatic carbocycles. The van der Waals surface area contributed by atoms with Crippen LogP contribution in [0.1, 0.15) is 24.8 Å². The van der Waals surface area contributed by atoms with Crippen LogP contribution in [0.25, 0.3) is 0 Å². The fraction of sp³-hybridized carbons (Fsp3) is 0.350. The van der Waals surface area contributed by atoms with Crippen LogP contribution in [0.15, 0.2) is 48.5 Å². The van der Waals surface area contributed by atoms with E-state index in [4.69, 9.17) is 9.84 Å². The van der Waals surface area contributed by atoms with E-state index in [1.165, 1.54) is 0 Å². The third-order valence-electron chi connectivity index (χ3n) is 4.19. The Labute approximate surface area is 149 Å². The van der Waals surface area contributed by atoms with Gasteiger partial charge in [0.15, 0.2) is 0 Å². The number of carbonyl (C=O) groups excluding carboxylic acids is 1. The van der Waals surface area contributed by atoms with E-state index >= 15 is 0 Å². The van der Waals surface area contributed by atoms with Crippen LogP contribution in [0, 0.1) is 0 Å². The second kappa shape index (κ2) is 9.08. The second-order valence-electron chi connectivity index (χ2n) is 6.09. The number of para-hydroxylation sites is 1. The number of nitrogens with one attached hydrogen (secondary N) is 1. The first-order valence-electron chi connectivity index (χ1n) is 8.40. The first kappa shape index (κ1) is 18.8. The summed E-state index contributed by atoms with van der Waals surface area (Å²) in [5.41, 5.74) is 2.79. The minimum Gasteiger partial charge on any atom is -0.496 e. The summed E-state index contributed by atoms with van der Waals surface area (Å²) in [5.74, 6) is 0.833. The number of rotatable bonds is 8. The van der Waals surface area contributed by atoms with E-state index in [0.717, 1.165) is 22.7 Å². The van der Waals surface area contributed by atoms with E-state index in [2.05, 4.69) is 5.32 Å². The van der Waals surface area contributed by atoms with Gasteiger partial charge in [0.1, 0.15) is 5.75 Å². The van der Waals surface area contributed by atoms with Crippen LogP contribution in [0.5, 0.6) is 5.75 Å². The van der Waals surface area contributed by atoms with E-state index in [0.29, 0.717) is 13.0 Å². The summed E-state index contributed by atoms with van der Waals surface area (Å²) in [5, 5.41) is 11.9. The van der Waals surface area contributed by atoms with Crippen molar-refractivity contribution in [2.45, 2.75) is 19.3 Å². The van der Waals surface area contributed by atoms with Gasteiger partial charge in [-0.2, -0.15) is 0 Å². The molecule has 2 aromatic rings. The maximum atomic E-state index is 12.3. The lowest BCUT2D eigenvalue weighted by molar-refractivity contribution is -0.116. The molecular weight excluding hydrogens is 316 g/mol. The van der Waals surface area contributed by atoms with Gasteiger partial charge in [-0.25, -0.2) is 0 Å². The van der Waals surface area contributed by atoms with Gasteiger partial charge in [0, 0.05) is 31.4 Å². The lowest BCUT2D eigenvalue weighted by atomic mass is 9.96. The Balaban J connectivity index is 1.95. The van der Waals surface area contributed by atoms with Crippen molar-refractivity contribution >= 4 is 17.3 Å². The van der Waals surface area contributed by atoms with Crippen LogP contribution >= 0.6 is 0 Å². The molecule has 25 heavy (non-hydrogen) atoms. The van der Waals surface area contributed by atoms with Crippen LogP contribution in [-0.4, -0.2) is 38.3 Å². The van der Waals surface area contributed by atoms with Gasteiger partial charge in [0.25, 0.3) is 0 Å². The highest BCUT2D eigenvalue weighted by atomic mass is 16.5. The molecule has 5 nitrogen and oxygen atoms in total. The highest BCUT2D eigenvalue weighted by Crippen LogP contribution is 2.28. The van der Waals surface area contributed by atoms with Crippen molar-refractivity contribution in [1.29, 1.82) is 0 Å². The molecule has 0 fully saturated rings. The van der Waals surface area contributed by atoms with Crippen molar-refractivity contribution in [1.82, 2.24) is 0 Å². The SMILES string of the molecule is COc1ccccc1C(C)CC(=O)Nc1ccc(N(C)CCO)cc1. The second-order valence-corrected chi connectivity index (χ2v) is 6.09. The molecule has 2 rings (SSSR count). The summed E-state index contributed by atoms with van der Waals surface area (Å²) in [6.07, 6.45) is 0.381. The van der Waals surface area contributed by atoms with Gasteiger partial charge >= 0.3 is 0 Å². The fourth-order valence-electron chi connectivity index (χ4n) is 2.75. The predicted octanol–water partition coefficient (Wildman–Crippen LogP) is 3.26. The molecule has 134 valence electrons. The van der Waals surface area contributed by atoms with Crippen LogP contribution in [0.2, 0.25) is 0 Å². The molecule has 0 bridgehead atoms. The minimum atomic E-state index is -0.0325. The van der Waals surface area contributed by atoms with Crippen molar-refractivity contribution in [3.63, 3.8) is 0 Å². The molecule has 1 unspecified atom stereocenters. The number of amides is 1. The minimum absolute atomic E-state index is 0.0325. The van der Waals surface area contributed by atoms with Crippen LogP contribution in [0.4, 0.5) is 11.4 Å². The normalized spacial score (nSPS) is 11.7. The topological polar surface area (TPSA) is 61.8 Å². The number of ether oxygens (including phenoxy) is 1. The third-order valence-corrected chi connectivity index (χ3v) is 4.19. The van der Waals surface area contributed by atoms with Gasteiger partial charge in [0.05, 0.1) is 13.7 Å². The molecule has 0 heterocycles. The Kier molecular flexibility index (Phi) is 6.83. The number of carbonyl (C=O) groups is 1. The number of hydrogen-bond donors (Lipinski definition) is 2. The van der Waals surface area contributed by atoms with E-state index in [-0.39, 0.29) is 18.4 Å². The van der Waals surface area contributed by atoms with Gasteiger partial charge in [-0.05, 0) is 41.8 Å². The number of likely N-dealkylation sites (N-methyl/N-ethyl adjacent to an activating group) is 1. The number of methoxy groups -OCH3 is 1. The van der Waals surface area contributed by atoms with Gasteiger partial charge in [-0.3, -0.25) is 4.79 Å². The fourth-order valence-corrected chi connectivity index (χ4v) is 2.75. The molecule has 0 radical (unpaired) electrons. The Morgan fingerprint density at radius 2 is 1.88 bits per heavy atom. The number of hydrogen-bond acceptors (Lipinski definition) is 4. The number of aliphatic hydroxyl groups excluding tert-OH is 1. The standard InChI is InChI=1S/C20H26N2O3/c1-15(18-6-4-5-7-19(18)25-3)14-20(24)21-16-8-10-17(11-9-16)22(2)12-13-23/h4-11,15,23H,12-14H2,1-3H3,(H,21,24). The monoisotopic (exact) mass is 342 g/mol. The molecule has 0 aliphatic heterocycles. The van der Waals surface area contributed by atoms with Crippen molar-refractivity contribution in [3.05, 3.63) is 54.1 Å². The van der Waals surface area contributed by atoms with Crippen LogP contribution in [-0.2, 0) is 4.79 Å². The largest absolute Gasteiger partial charge is 0.496 e. The molecule has 0 aromatic heterocycles. The predicted molar refractivity (Wildman–Crippen MR) is 101 cm³/mol. The maximum Gasteiger partial charge on any atom is 0.224 e. The molecule has 1 amide bonds. The highest BCUT2D eigenvalue weighted by molar-refractivity contribution is 5.91. The maximum absolute atomic E-state index is 12.3. The Bertz CT molecular complexity index is 686. The van der Waals surface area contributed by atoms with Crippen molar-refractivity contribution in [2.24, 2.45) is 0 Å². The first-order valence-corrected chi connectivity index (χ1v) is 8.40. The van der Waals surface area contributed by atoms with E-state index in [1.807, 2.05) is 67.4 Å². The lowest BCUT2D eigenvalue weighted by Crippen LogP contribution is -2.21. The van der Waals surface area contributed by atoms with Crippen molar-refractivity contribution in [2.75, 3.05) is 37.5 Å². The molecule has 0 aliphatic rings. The summed E-state index contributed by atoms with van der Waals surface area (Å²) in [7, 11) is 3.56. The number of benzene rings is 2. The molecule has 2 N–H and O–H groups in total. The highest BCUT2D eigenvalue weighted by Gasteiger charge is 2.15. The van der Waals surface area contributed by atoms with Crippen molar-refractivity contribution in [3.8, 4) is 5.75 Å². The molecule has 1 atom stereocenters. The molecule has 5 heteroatoms. The van der Waals surface area contributed by atoms with Crippen molar-refractivity contribution < 1.29 is 14.6 Å². The summed E-state index contributed by atoms with van der Waals surface area (Å²) in [4.78, 5) is 14.3. The van der Waals surface area contributed by atoms with Gasteiger partial charge in [0.2, 0.25) is 5.91 Å². The molecular formula is C20H26N2O3. The third kappa shape index (κ3) is 5.22. The zero-order valence-corrected chi connectivity index (χ0v) is 15.0. The average Bonchev–Trinajstić information content (AvgIpc) is 2.62. The van der Waals surface area contributed by atoms with E-state index < -0.39 is 0 Å². The van der Waals surface area contributed by atoms with Crippen LogP contribution < -0.4 is 15.0 Å². The molecule has 0 saturated heterocycles. The smallest absolute Gasteiger partial charge is 0.224 e. The number of nitrogens with zero attached hydrogens (tertiary/aromatic N) is 1. The lowest BCUT2D eigenvalue weighted by Gasteiger charge is -2.18. The Hall–Kier alpha value is -2.53. The van der Waals surface area contributed by atoms with Crippen LogP contribution in [0.3, 0.4) is 0 Å². The quantitative estimate of drug-likeness (QED) is 0.773. The molecule has 0 saturated carbocycles. The Morgan fingerprint density at radius 1 is 1.20 bits per heavy atom. The van der Waals surface area contributed by atoms with E-state index in [9.17, 15) is 4.79 Å². The molecule has 0 spiro atoms. The summed E-state index contributed by atoms with van der Waals surface area (Å²) in [6.45, 7) is 2.70. The van der Waals surface area contributed by atoms with E-state index in [1.54, 1.807) is 7.11 Å². The van der Waals surface area contributed by atoms with Gasteiger partial charge < -0.3 is 20.1 Å². The number of aliphatic hydroxyl groups is 1. The zero-order valence-electron chi connectivity index (χ0n) is 15.0. The zero-order chi connectivity index (χ0) is 18.2. The molecule has 2 aromatic carbocycles.